The average molecular weight is 293 g/mol. The minimum absolute atomic E-state index is 0.384. The molecule has 0 saturated heterocycles. The van der Waals surface area contributed by atoms with Gasteiger partial charge in [-0.15, -0.1) is 0 Å². The summed E-state index contributed by atoms with van der Waals surface area (Å²) in [6.07, 6.45) is 7.93. The monoisotopic (exact) mass is 293 g/mol. The van der Waals surface area contributed by atoms with Gasteiger partial charge in [-0.3, -0.25) is 0 Å². The van der Waals surface area contributed by atoms with E-state index < -0.39 is 0 Å². The minimum atomic E-state index is 0.384. The van der Waals surface area contributed by atoms with Gasteiger partial charge in [0.25, 0.3) is 0 Å². The summed E-state index contributed by atoms with van der Waals surface area (Å²) < 4.78 is 16.8. The van der Waals surface area contributed by atoms with Gasteiger partial charge < -0.3 is 19.9 Å². The number of methoxy groups -OCH3 is 2. The molecule has 0 atom stereocenters. The van der Waals surface area contributed by atoms with E-state index >= 15 is 0 Å². The van der Waals surface area contributed by atoms with Crippen molar-refractivity contribution in [1.29, 1.82) is 0 Å². The first-order valence-corrected chi connectivity index (χ1v) is 7.86. The third kappa shape index (κ3) is 4.27. The summed E-state index contributed by atoms with van der Waals surface area (Å²) in [7, 11) is 3.28. The Hall–Kier alpha value is -1.42. The van der Waals surface area contributed by atoms with Gasteiger partial charge in [-0.25, -0.2) is 0 Å². The topological polar surface area (TPSA) is 53.7 Å². The van der Waals surface area contributed by atoms with Crippen molar-refractivity contribution < 1.29 is 14.2 Å². The lowest BCUT2D eigenvalue weighted by atomic mass is 10.0. The van der Waals surface area contributed by atoms with Crippen LogP contribution >= 0.6 is 0 Å². The fraction of sp³-hybridized carbons (Fsp3) is 0.647. The molecule has 0 amide bonds. The van der Waals surface area contributed by atoms with Crippen molar-refractivity contribution in [2.75, 3.05) is 20.8 Å². The van der Waals surface area contributed by atoms with E-state index in [1.807, 2.05) is 12.1 Å². The van der Waals surface area contributed by atoms with E-state index in [4.69, 9.17) is 19.9 Å². The second-order valence-corrected chi connectivity index (χ2v) is 5.68. The predicted octanol–water partition coefficient (Wildman–Crippen LogP) is 3.51. The molecular weight excluding hydrogens is 266 g/mol. The Kier molecular flexibility index (Phi) is 6.18. The molecule has 0 spiro atoms. The normalized spacial score (nSPS) is 16.3. The molecule has 118 valence electrons. The molecule has 2 rings (SSSR count). The molecular formula is C17H27NO3. The molecule has 0 aromatic heterocycles. The minimum Gasteiger partial charge on any atom is -0.496 e. The van der Waals surface area contributed by atoms with Crippen LogP contribution in [-0.4, -0.2) is 20.8 Å². The molecule has 1 aliphatic carbocycles. The summed E-state index contributed by atoms with van der Waals surface area (Å²) in [5.74, 6) is 2.92. The van der Waals surface area contributed by atoms with E-state index in [9.17, 15) is 0 Å². The van der Waals surface area contributed by atoms with Crippen LogP contribution in [0.3, 0.4) is 0 Å². The first-order chi connectivity index (χ1) is 10.3. The molecule has 0 heterocycles. The van der Waals surface area contributed by atoms with E-state index in [2.05, 4.69) is 0 Å². The SMILES string of the molecule is COc1cc(OCC2CCCCCC2)cc(OC)c1CN. The van der Waals surface area contributed by atoms with Gasteiger partial charge in [-0.1, -0.05) is 25.7 Å². The van der Waals surface area contributed by atoms with E-state index in [1.165, 1.54) is 38.5 Å². The smallest absolute Gasteiger partial charge is 0.130 e. The van der Waals surface area contributed by atoms with Crippen LogP contribution in [0.4, 0.5) is 0 Å². The third-order valence-corrected chi connectivity index (χ3v) is 4.25. The highest BCUT2D eigenvalue weighted by Gasteiger charge is 2.15. The zero-order chi connectivity index (χ0) is 15.1. The van der Waals surface area contributed by atoms with Crippen LogP contribution in [0.2, 0.25) is 0 Å². The molecule has 0 unspecified atom stereocenters. The largest absolute Gasteiger partial charge is 0.496 e. The molecule has 2 N–H and O–H groups in total. The van der Waals surface area contributed by atoms with Gasteiger partial charge in [0.05, 0.1) is 20.8 Å². The number of hydrogen-bond acceptors (Lipinski definition) is 4. The summed E-state index contributed by atoms with van der Waals surface area (Å²) in [6.45, 7) is 1.16. The van der Waals surface area contributed by atoms with Crippen LogP contribution in [-0.2, 0) is 6.54 Å². The van der Waals surface area contributed by atoms with Crippen LogP contribution < -0.4 is 19.9 Å². The van der Waals surface area contributed by atoms with Crippen molar-refractivity contribution in [3.8, 4) is 17.2 Å². The highest BCUT2D eigenvalue weighted by atomic mass is 16.5. The maximum absolute atomic E-state index is 5.98. The summed E-state index contributed by atoms with van der Waals surface area (Å²) >= 11 is 0. The maximum atomic E-state index is 5.98. The van der Waals surface area contributed by atoms with Crippen LogP contribution in [0.25, 0.3) is 0 Å². The molecule has 1 aromatic carbocycles. The highest BCUT2D eigenvalue weighted by molar-refractivity contribution is 5.50. The quantitative estimate of drug-likeness (QED) is 0.815. The molecule has 4 nitrogen and oxygen atoms in total. The molecule has 0 bridgehead atoms. The number of ether oxygens (including phenoxy) is 3. The van der Waals surface area contributed by atoms with Crippen molar-refractivity contribution in [3.63, 3.8) is 0 Å². The lowest BCUT2D eigenvalue weighted by Gasteiger charge is -2.18. The van der Waals surface area contributed by atoms with Crippen LogP contribution in [0.5, 0.6) is 17.2 Å². The summed E-state index contributed by atoms with van der Waals surface area (Å²) in [4.78, 5) is 0. The molecule has 4 heteroatoms. The number of rotatable bonds is 6. The van der Waals surface area contributed by atoms with Gasteiger partial charge in [0.1, 0.15) is 17.2 Å². The Balaban J connectivity index is 2.05. The summed E-state index contributed by atoms with van der Waals surface area (Å²) in [5, 5.41) is 0. The Morgan fingerprint density at radius 3 is 2.05 bits per heavy atom. The van der Waals surface area contributed by atoms with E-state index in [0.717, 1.165) is 29.4 Å². The zero-order valence-electron chi connectivity index (χ0n) is 13.2. The second-order valence-electron chi connectivity index (χ2n) is 5.68. The molecule has 1 fully saturated rings. The molecule has 0 radical (unpaired) electrons. The third-order valence-electron chi connectivity index (χ3n) is 4.25. The van der Waals surface area contributed by atoms with Crippen molar-refractivity contribution in [3.05, 3.63) is 17.7 Å². The lowest BCUT2D eigenvalue weighted by molar-refractivity contribution is 0.231. The molecule has 1 aliphatic rings. The fourth-order valence-electron chi connectivity index (χ4n) is 2.99. The first-order valence-electron chi connectivity index (χ1n) is 7.86. The second kappa shape index (κ2) is 8.13. The van der Waals surface area contributed by atoms with Crippen LogP contribution in [0.1, 0.15) is 44.1 Å². The standard InChI is InChI=1S/C17H27NO3/c1-19-16-9-14(10-17(20-2)15(16)11-18)21-12-13-7-5-3-4-6-8-13/h9-10,13H,3-8,11-12,18H2,1-2H3. The van der Waals surface area contributed by atoms with Crippen molar-refractivity contribution in [1.82, 2.24) is 0 Å². The van der Waals surface area contributed by atoms with Crippen molar-refractivity contribution in [2.24, 2.45) is 11.7 Å². The lowest BCUT2D eigenvalue weighted by Crippen LogP contribution is -2.12. The van der Waals surface area contributed by atoms with Crippen LogP contribution in [0.15, 0.2) is 12.1 Å². The van der Waals surface area contributed by atoms with Gasteiger partial charge in [-0.2, -0.15) is 0 Å². The van der Waals surface area contributed by atoms with Crippen molar-refractivity contribution in [2.45, 2.75) is 45.1 Å². The van der Waals surface area contributed by atoms with E-state index in [-0.39, 0.29) is 0 Å². The molecule has 0 aliphatic heterocycles. The fourth-order valence-corrected chi connectivity index (χ4v) is 2.99. The predicted molar refractivity (Wildman–Crippen MR) is 84.1 cm³/mol. The Morgan fingerprint density at radius 2 is 1.57 bits per heavy atom. The molecule has 1 aromatic rings. The van der Waals surface area contributed by atoms with Gasteiger partial charge in [0.15, 0.2) is 0 Å². The number of benzene rings is 1. The summed E-state index contributed by atoms with van der Waals surface area (Å²) in [6, 6.07) is 3.81. The zero-order valence-corrected chi connectivity index (χ0v) is 13.2. The van der Waals surface area contributed by atoms with Crippen molar-refractivity contribution >= 4 is 0 Å². The molecule has 1 saturated carbocycles. The highest BCUT2D eigenvalue weighted by Crippen LogP contribution is 2.34. The first kappa shape index (κ1) is 16.0. The van der Waals surface area contributed by atoms with Crippen LogP contribution in [0, 0.1) is 5.92 Å². The average Bonchev–Trinajstić information content (AvgIpc) is 2.80. The van der Waals surface area contributed by atoms with E-state index in [1.54, 1.807) is 14.2 Å². The Bertz CT molecular complexity index is 415. The molecule has 21 heavy (non-hydrogen) atoms. The van der Waals surface area contributed by atoms with Gasteiger partial charge in [-0.05, 0) is 18.8 Å². The van der Waals surface area contributed by atoms with Gasteiger partial charge >= 0.3 is 0 Å². The summed E-state index contributed by atoms with van der Waals surface area (Å²) in [5.41, 5.74) is 6.64. The van der Waals surface area contributed by atoms with E-state index in [0.29, 0.717) is 12.5 Å². The number of nitrogens with two attached hydrogens (primary N) is 1. The number of hydrogen-bond donors (Lipinski definition) is 1. The van der Waals surface area contributed by atoms with Gasteiger partial charge in [0.2, 0.25) is 0 Å². The Labute approximate surface area is 127 Å². The van der Waals surface area contributed by atoms with Gasteiger partial charge in [0, 0.05) is 24.2 Å². The maximum Gasteiger partial charge on any atom is 0.130 e. The Morgan fingerprint density at radius 1 is 1.00 bits per heavy atom.